The number of benzene rings is 1. The van der Waals surface area contributed by atoms with E-state index >= 15 is 0 Å². The maximum absolute atomic E-state index is 12.2. The van der Waals surface area contributed by atoms with Gasteiger partial charge in [-0.2, -0.15) is 0 Å². The number of anilines is 1. The summed E-state index contributed by atoms with van der Waals surface area (Å²) >= 11 is 0. The van der Waals surface area contributed by atoms with Gasteiger partial charge in [0, 0.05) is 18.2 Å². The van der Waals surface area contributed by atoms with Crippen molar-refractivity contribution in [2.45, 2.75) is 46.1 Å². The van der Waals surface area contributed by atoms with Crippen molar-refractivity contribution in [3.05, 3.63) is 29.3 Å². The number of carbonyl (C=O) groups is 1. The van der Waals surface area contributed by atoms with Gasteiger partial charge in [0.1, 0.15) is 0 Å². The lowest BCUT2D eigenvalue weighted by molar-refractivity contribution is 0.0939. The molecule has 22 heavy (non-hydrogen) atoms. The van der Waals surface area contributed by atoms with Crippen LogP contribution >= 0.6 is 0 Å². The average Bonchev–Trinajstić information content (AvgIpc) is 2.53. The van der Waals surface area contributed by atoms with Crippen LogP contribution in [0.3, 0.4) is 0 Å². The lowest BCUT2D eigenvalue weighted by atomic mass is 10.0. The van der Waals surface area contributed by atoms with Crippen LogP contribution in [0.2, 0.25) is 0 Å². The van der Waals surface area contributed by atoms with E-state index in [4.69, 9.17) is 0 Å². The normalized spacial score (nSPS) is 16.0. The van der Waals surface area contributed by atoms with Crippen LogP contribution in [0.1, 0.15) is 49.5 Å². The second kappa shape index (κ2) is 6.69. The molecular formula is C16H24N2O3S. The van der Waals surface area contributed by atoms with Gasteiger partial charge in [-0.3, -0.25) is 9.10 Å². The number of amides is 1. The van der Waals surface area contributed by atoms with E-state index in [1.807, 2.05) is 19.9 Å². The van der Waals surface area contributed by atoms with E-state index in [-0.39, 0.29) is 17.7 Å². The molecule has 1 N–H and O–H groups in total. The molecule has 6 heteroatoms. The molecule has 1 amide bonds. The number of nitrogens with one attached hydrogen (secondary N) is 1. The van der Waals surface area contributed by atoms with E-state index in [9.17, 15) is 13.2 Å². The minimum atomic E-state index is -3.26. The van der Waals surface area contributed by atoms with Gasteiger partial charge in [-0.05, 0) is 56.9 Å². The summed E-state index contributed by atoms with van der Waals surface area (Å²) in [6.07, 6.45) is 2.46. The summed E-state index contributed by atoms with van der Waals surface area (Å²) in [6, 6.07) is 5.41. The van der Waals surface area contributed by atoms with E-state index in [0.717, 1.165) is 24.8 Å². The number of aryl methyl sites for hydroxylation is 1. The first-order valence-electron chi connectivity index (χ1n) is 7.83. The molecule has 2 rings (SSSR count). The van der Waals surface area contributed by atoms with Gasteiger partial charge in [0.25, 0.3) is 5.91 Å². The molecule has 5 nitrogen and oxygen atoms in total. The lowest BCUT2D eigenvalue weighted by Gasteiger charge is -2.30. The molecule has 0 saturated carbocycles. The first-order valence-corrected chi connectivity index (χ1v) is 9.44. The van der Waals surface area contributed by atoms with Crippen molar-refractivity contribution >= 4 is 21.6 Å². The van der Waals surface area contributed by atoms with Crippen molar-refractivity contribution in [1.29, 1.82) is 0 Å². The van der Waals surface area contributed by atoms with Crippen molar-refractivity contribution in [3.8, 4) is 0 Å². The van der Waals surface area contributed by atoms with Gasteiger partial charge < -0.3 is 5.32 Å². The highest BCUT2D eigenvalue weighted by atomic mass is 32.2. The largest absolute Gasteiger partial charge is 0.350 e. The molecule has 1 atom stereocenters. The first-order chi connectivity index (χ1) is 10.4. The van der Waals surface area contributed by atoms with Crippen LogP contribution in [0.4, 0.5) is 5.69 Å². The third kappa shape index (κ3) is 3.43. The predicted molar refractivity (Wildman–Crippen MR) is 88.8 cm³/mol. The van der Waals surface area contributed by atoms with Crippen LogP contribution in [-0.4, -0.2) is 32.7 Å². The summed E-state index contributed by atoms with van der Waals surface area (Å²) in [4.78, 5) is 12.2. The van der Waals surface area contributed by atoms with E-state index < -0.39 is 10.0 Å². The molecule has 1 heterocycles. The standard InChI is InChI=1S/C16H24N2O3S/c1-4-12(3)17-16(19)14-8-9-15-13(11-14)7-6-10-18(15)22(20,21)5-2/h8-9,11-12H,4-7,10H2,1-3H3,(H,17,19). The second-order valence-corrected chi connectivity index (χ2v) is 7.88. The monoisotopic (exact) mass is 324 g/mol. The Kier molecular flexibility index (Phi) is 5.11. The molecule has 0 aromatic heterocycles. The van der Waals surface area contributed by atoms with Crippen molar-refractivity contribution in [3.63, 3.8) is 0 Å². The number of hydrogen-bond donors (Lipinski definition) is 1. The van der Waals surface area contributed by atoms with Crippen LogP contribution in [0, 0.1) is 0 Å². The first kappa shape index (κ1) is 16.8. The fourth-order valence-electron chi connectivity index (χ4n) is 2.56. The zero-order valence-corrected chi connectivity index (χ0v) is 14.2. The van der Waals surface area contributed by atoms with Gasteiger partial charge in [-0.15, -0.1) is 0 Å². The number of carbonyl (C=O) groups excluding carboxylic acids is 1. The van der Waals surface area contributed by atoms with E-state index in [2.05, 4.69) is 5.32 Å². The minimum absolute atomic E-state index is 0.0860. The molecule has 1 aromatic rings. The zero-order valence-electron chi connectivity index (χ0n) is 13.4. The molecule has 1 aliphatic heterocycles. The van der Waals surface area contributed by atoms with Crippen molar-refractivity contribution in [1.82, 2.24) is 5.32 Å². The fraction of sp³-hybridized carbons (Fsp3) is 0.562. The third-order valence-electron chi connectivity index (χ3n) is 4.11. The molecule has 1 unspecified atom stereocenters. The molecule has 0 radical (unpaired) electrons. The summed E-state index contributed by atoms with van der Waals surface area (Å²) in [7, 11) is -3.26. The van der Waals surface area contributed by atoms with Crippen molar-refractivity contribution < 1.29 is 13.2 Å². The molecule has 0 fully saturated rings. The maximum Gasteiger partial charge on any atom is 0.251 e. The molecule has 1 aliphatic rings. The van der Waals surface area contributed by atoms with Gasteiger partial charge in [0.05, 0.1) is 11.4 Å². The van der Waals surface area contributed by atoms with Crippen molar-refractivity contribution in [2.75, 3.05) is 16.6 Å². The topological polar surface area (TPSA) is 66.5 Å². The summed E-state index contributed by atoms with van der Waals surface area (Å²) in [5.41, 5.74) is 2.24. The number of sulfonamides is 1. The van der Waals surface area contributed by atoms with Crippen LogP contribution in [0.15, 0.2) is 18.2 Å². The van der Waals surface area contributed by atoms with E-state index in [1.165, 1.54) is 4.31 Å². The summed E-state index contributed by atoms with van der Waals surface area (Å²) in [5.74, 6) is -0.0180. The van der Waals surface area contributed by atoms with Gasteiger partial charge in [0.2, 0.25) is 10.0 Å². The van der Waals surface area contributed by atoms with Crippen molar-refractivity contribution in [2.24, 2.45) is 0 Å². The number of fused-ring (bicyclic) bond motifs is 1. The Morgan fingerprint density at radius 1 is 1.36 bits per heavy atom. The van der Waals surface area contributed by atoms with Crippen LogP contribution in [-0.2, 0) is 16.4 Å². The fourth-order valence-corrected chi connectivity index (χ4v) is 3.75. The Balaban J connectivity index is 2.30. The van der Waals surface area contributed by atoms with Crippen LogP contribution in [0.5, 0.6) is 0 Å². The summed E-state index contributed by atoms with van der Waals surface area (Å²) < 4.78 is 25.8. The van der Waals surface area contributed by atoms with Gasteiger partial charge >= 0.3 is 0 Å². The predicted octanol–water partition coefficient (Wildman–Crippen LogP) is 2.32. The van der Waals surface area contributed by atoms with Crippen LogP contribution in [0.25, 0.3) is 0 Å². The molecule has 122 valence electrons. The second-order valence-electron chi connectivity index (χ2n) is 5.70. The Labute approximate surface area is 132 Å². The Bertz CT molecular complexity index is 655. The third-order valence-corrected chi connectivity index (χ3v) is 5.89. The van der Waals surface area contributed by atoms with Gasteiger partial charge in [-0.25, -0.2) is 8.42 Å². The minimum Gasteiger partial charge on any atom is -0.350 e. The average molecular weight is 324 g/mol. The summed E-state index contributed by atoms with van der Waals surface area (Å²) in [6.45, 7) is 6.15. The smallest absolute Gasteiger partial charge is 0.251 e. The maximum atomic E-state index is 12.2. The van der Waals surface area contributed by atoms with Crippen LogP contribution < -0.4 is 9.62 Å². The number of hydrogen-bond acceptors (Lipinski definition) is 3. The lowest BCUT2D eigenvalue weighted by Crippen LogP contribution is -2.37. The molecule has 1 aromatic carbocycles. The highest BCUT2D eigenvalue weighted by Crippen LogP contribution is 2.30. The number of rotatable bonds is 5. The van der Waals surface area contributed by atoms with E-state index in [1.54, 1.807) is 19.1 Å². The quantitative estimate of drug-likeness (QED) is 0.904. The highest BCUT2D eigenvalue weighted by molar-refractivity contribution is 7.92. The highest BCUT2D eigenvalue weighted by Gasteiger charge is 2.26. The molecule has 0 saturated heterocycles. The molecular weight excluding hydrogens is 300 g/mol. The Hall–Kier alpha value is -1.56. The van der Waals surface area contributed by atoms with E-state index in [0.29, 0.717) is 17.8 Å². The summed E-state index contributed by atoms with van der Waals surface area (Å²) in [5, 5.41) is 2.93. The molecule has 0 spiro atoms. The van der Waals surface area contributed by atoms with Gasteiger partial charge in [0.15, 0.2) is 0 Å². The Morgan fingerprint density at radius 2 is 2.09 bits per heavy atom. The number of nitrogens with zero attached hydrogens (tertiary/aromatic N) is 1. The van der Waals surface area contributed by atoms with Gasteiger partial charge in [-0.1, -0.05) is 6.92 Å². The Morgan fingerprint density at radius 3 is 2.73 bits per heavy atom. The zero-order chi connectivity index (χ0) is 16.3. The SMILES string of the molecule is CCC(C)NC(=O)c1ccc2c(c1)CCCN2S(=O)(=O)CC. The molecule has 0 aliphatic carbocycles. The molecule has 0 bridgehead atoms.